The highest BCUT2D eigenvalue weighted by molar-refractivity contribution is 6.04. The van der Waals surface area contributed by atoms with E-state index >= 15 is 0 Å². The smallest absolute Gasteiger partial charge is 0.308 e. The first-order chi connectivity index (χ1) is 18.4. The molecule has 1 aliphatic heterocycles. The molecule has 4 N–H and O–H groups in total. The van der Waals surface area contributed by atoms with Crippen LogP contribution in [0.5, 0.6) is 5.75 Å². The molecule has 4 rings (SSSR count). The third kappa shape index (κ3) is 6.31. The standard InChI is InChI=1S/C28H36N6O4/c1-37-26-18-21(34-16-14-33(15-17-34)20-8-6-19(7-9-20)28(36)38-2)10-11-24(26)32-27(35)25-5-3-4-23(31-25)22(30)12-13-29/h3-5,10-13,18-20,29H,6-9,14-17,30H2,1-2H3,(H,32,35)/b22-12-,29-13?. The molecule has 38 heavy (non-hydrogen) atoms. The predicted molar refractivity (Wildman–Crippen MR) is 148 cm³/mol. The van der Waals surface area contributed by atoms with Gasteiger partial charge in [0.1, 0.15) is 11.4 Å². The van der Waals surface area contributed by atoms with E-state index < -0.39 is 0 Å². The molecule has 2 fully saturated rings. The van der Waals surface area contributed by atoms with E-state index in [0.29, 0.717) is 28.9 Å². The van der Waals surface area contributed by atoms with E-state index in [0.717, 1.165) is 63.8 Å². The van der Waals surface area contributed by atoms with Gasteiger partial charge in [0.25, 0.3) is 5.91 Å². The Kier molecular flexibility index (Phi) is 8.96. The lowest BCUT2D eigenvalue weighted by Crippen LogP contribution is -2.51. The number of amides is 1. The Labute approximate surface area is 223 Å². The summed E-state index contributed by atoms with van der Waals surface area (Å²) in [7, 11) is 3.05. The fourth-order valence-electron chi connectivity index (χ4n) is 5.25. The van der Waals surface area contributed by atoms with Crippen LogP contribution in [0.25, 0.3) is 5.70 Å². The number of rotatable bonds is 8. The molecule has 2 heterocycles. The Morgan fingerprint density at radius 1 is 1.05 bits per heavy atom. The predicted octanol–water partition coefficient (Wildman–Crippen LogP) is 3.15. The summed E-state index contributed by atoms with van der Waals surface area (Å²) in [5, 5.41) is 10.0. The van der Waals surface area contributed by atoms with Crippen LogP contribution in [0.15, 0.2) is 42.5 Å². The molecule has 1 saturated carbocycles. The molecule has 0 radical (unpaired) electrons. The normalized spacial score (nSPS) is 20.5. The van der Waals surface area contributed by atoms with E-state index in [1.54, 1.807) is 25.3 Å². The lowest BCUT2D eigenvalue weighted by molar-refractivity contribution is -0.146. The van der Waals surface area contributed by atoms with Crippen LogP contribution in [0.2, 0.25) is 0 Å². The molecule has 0 spiro atoms. The Hall–Kier alpha value is -3.92. The lowest BCUT2D eigenvalue weighted by Gasteiger charge is -2.42. The Morgan fingerprint density at radius 3 is 2.42 bits per heavy atom. The number of hydrogen-bond acceptors (Lipinski definition) is 9. The molecule has 2 aliphatic rings. The Bertz CT molecular complexity index is 1180. The van der Waals surface area contributed by atoms with Crippen LogP contribution < -0.4 is 20.7 Å². The molecule has 0 bridgehead atoms. The van der Waals surface area contributed by atoms with Crippen molar-refractivity contribution in [3.63, 3.8) is 0 Å². The molecule has 0 unspecified atom stereocenters. The molecule has 10 nitrogen and oxygen atoms in total. The van der Waals surface area contributed by atoms with Gasteiger partial charge in [-0.25, -0.2) is 4.98 Å². The zero-order valence-electron chi connectivity index (χ0n) is 22.0. The van der Waals surface area contributed by atoms with E-state index in [1.807, 2.05) is 18.2 Å². The van der Waals surface area contributed by atoms with E-state index in [9.17, 15) is 9.59 Å². The van der Waals surface area contributed by atoms with Gasteiger partial charge < -0.3 is 30.8 Å². The SMILES string of the molecule is COC(=O)C1CCC(N2CCN(c3ccc(NC(=O)c4cccc(/C(N)=C/C=N)n4)c(OC)c3)CC2)CC1. The number of ether oxygens (including phenoxy) is 2. The first-order valence-electron chi connectivity index (χ1n) is 12.9. The van der Waals surface area contributed by atoms with Crippen molar-refractivity contribution in [2.45, 2.75) is 31.7 Å². The molecule has 1 saturated heterocycles. The molecule has 1 amide bonds. The van der Waals surface area contributed by atoms with Crippen molar-refractivity contribution in [1.82, 2.24) is 9.88 Å². The van der Waals surface area contributed by atoms with Gasteiger partial charge in [-0.1, -0.05) is 6.07 Å². The Balaban J connectivity index is 1.36. The van der Waals surface area contributed by atoms with Crippen molar-refractivity contribution in [1.29, 1.82) is 5.41 Å². The number of nitrogens with one attached hydrogen (secondary N) is 2. The number of esters is 1. The second-order valence-electron chi connectivity index (χ2n) is 9.59. The van der Waals surface area contributed by atoms with Gasteiger partial charge in [-0.15, -0.1) is 0 Å². The highest BCUT2D eigenvalue weighted by atomic mass is 16.5. The monoisotopic (exact) mass is 520 g/mol. The van der Waals surface area contributed by atoms with E-state index in [2.05, 4.69) is 20.1 Å². The second kappa shape index (κ2) is 12.6. The first-order valence-corrected chi connectivity index (χ1v) is 12.9. The number of pyridine rings is 1. The van der Waals surface area contributed by atoms with Crippen LogP contribution in [0, 0.1) is 11.3 Å². The molecular formula is C28H36N6O4. The minimum atomic E-state index is -0.379. The summed E-state index contributed by atoms with van der Waals surface area (Å²) in [6, 6.07) is 11.3. The minimum Gasteiger partial charge on any atom is -0.494 e. The van der Waals surface area contributed by atoms with Gasteiger partial charge in [-0.2, -0.15) is 0 Å². The molecule has 1 aromatic heterocycles. The number of carbonyl (C=O) groups excluding carboxylic acids is 2. The fourth-order valence-corrected chi connectivity index (χ4v) is 5.25. The summed E-state index contributed by atoms with van der Waals surface area (Å²) in [4.78, 5) is 33.9. The van der Waals surface area contributed by atoms with Gasteiger partial charge in [0, 0.05) is 50.2 Å². The van der Waals surface area contributed by atoms with E-state index in [1.165, 1.54) is 13.2 Å². The van der Waals surface area contributed by atoms with Crippen LogP contribution in [0.1, 0.15) is 41.9 Å². The van der Waals surface area contributed by atoms with Crippen molar-refractivity contribution in [3.05, 3.63) is 53.9 Å². The lowest BCUT2D eigenvalue weighted by atomic mass is 9.85. The quantitative estimate of drug-likeness (QED) is 0.357. The van der Waals surface area contributed by atoms with Crippen LogP contribution >= 0.6 is 0 Å². The molecule has 1 aromatic carbocycles. The van der Waals surface area contributed by atoms with Gasteiger partial charge in [0.05, 0.1) is 37.2 Å². The zero-order chi connectivity index (χ0) is 27.1. The highest BCUT2D eigenvalue weighted by Crippen LogP contribution is 2.32. The highest BCUT2D eigenvalue weighted by Gasteiger charge is 2.31. The largest absolute Gasteiger partial charge is 0.494 e. The number of piperazine rings is 1. The fraction of sp³-hybridized carbons (Fsp3) is 0.429. The summed E-state index contributed by atoms with van der Waals surface area (Å²) in [5.41, 5.74) is 8.45. The number of hydrogen-bond donors (Lipinski definition) is 3. The number of methoxy groups -OCH3 is 2. The number of anilines is 2. The minimum absolute atomic E-state index is 0.0473. The summed E-state index contributed by atoms with van der Waals surface area (Å²) in [6.45, 7) is 3.72. The molecule has 202 valence electrons. The van der Waals surface area contributed by atoms with Crippen LogP contribution in [0.3, 0.4) is 0 Å². The molecule has 1 aliphatic carbocycles. The number of carbonyl (C=O) groups is 2. The molecule has 0 atom stereocenters. The van der Waals surface area contributed by atoms with Crippen molar-refractivity contribution in [2.24, 2.45) is 11.7 Å². The number of aromatic nitrogens is 1. The maximum absolute atomic E-state index is 12.9. The molecular weight excluding hydrogens is 484 g/mol. The summed E-state index contributed by atoms with van der Waals surface area (Å²) >= 11 is 0. The third-order valence-electron chi connectivity index (χ3n) is 7.40. The molecule has 10 heteroatoms. The Morgan fingerprint density at radius 2 is 1.76 bits per heavy atom. The number of nitrogens with zero attached hydrogens (tertiary/aromatic N) is 3. The second-order valence-corrected chi connectivity index (χ2v) is 9.59. The zero-order valence-corrected chi connectivity index (χ0v) is 22.0. The number of allylic oxidation sites excluding steroid dienone is 1. The van der Waals surface area contributed by atoms with Gasteiger partial charge >= 0.3 is 5.97 Å². The van der Waals surface area contributed by atoms with Crippen LogP contribution in [-0.2, 0) is 9.53 Å². The average Bonchev–Trinajstić information content (AvgIpc) is 2.97. The van der Waals surface area contributed by atoms with Crippen LogP contribution in [0.4, 0.5) is 11.4 Å². The van der Waals surface area contributed by atoms with E-state index in [-0.39, 0.29) is 23.5 Å². The van der Waals surface area contributed by atoms with Gasteiger partial charge in [0.15, 0.2) is 0 Å². The van der Waals surface area contributed by atoms with Crippen molar-refractivity contribution in [3.8, 4) is 5.75 Å². The first kappa shape index (κ1) is 27.1. The maximum Gasteiger partial charge on any atom is 0.308 e. The average molecular weight is 521 g/mol. The molecule has 2 aromatic rings. The van der Waals surface area contributed by atoms with Gasteiger partial charge in [-0.3, -0.25) is 14.5 Å². The van der Waals surface area contributed by atoms with E-state index in [4.69, 9.17) is 20.6 Å². The van der Waals surface area contributed by atoms with Crippen molar-refractivity contribution < 1.29 is 19.1 Å². The van der Waals surface area contributed by atoms with Crippen molar-refractivity contribution >= 4 is 35.2 Å². The third-order valence-corrected chi connectivity index (χ3v) is 7.40. The topological polar surface area (TPSA) is 134 Å². The summed E-state index contributed by atoms with van der Waals surface area (Å²) < 4.78 is 10.5. The number of benzene rings is 1. The van der Waals surface area contributed by atoms with Crippen molar-refractivity contribution in [2.75, 3.05) is 50.6 Å². The number of nitrogens with two attached hydrogens (primary N) is 1. The van der Waals surface area contributed by atoms with Crippen LogP contribution in [-0.4, -0.2) is 74.4 Å². The summed E-state index contributed by atoms with van der Waals surface area (Å²) in [5.74, 6) is 0.161. The maximum atomic E-state index is 12.9. The van der Waals surface area contributed by atoms with Gasteiger partial charge in [-0.05, 0) is 56.0 Å². The van der Waals surface area contributed by atoms with Gasteiger partial charge in [0.2, 0.25) is 0 Å². The summed E-state index contributed by atoms with van der Waals surface area (Å²) in [6.07, 6.45) is 6.36.